The average Bonchev–Trinajstić information content (AvgIpc) is 2.67. The first-order valence-electron chi connectivity index (χ1n) is 8.34. The van der Waals surface area contributed by atoms with Gasteiger partial charge in [0.15, 0.2) is 17.3 Å². The maximum Gasteiger partial charge on any atom is 0.185 e. The van der Waals surface area contributed by atoms with Crippen molar-refractivity contribution in [3.8, 4) is 11.5 Å². The molecule has 0 N–H and O–H groups in total. The molecular weight excluding hydrogens is 392 g/mol. The predicted molar refractivity (Wildman–Crippen MR) is 109 cm³/mol. The van der Waals surface area contributed by atoms with E-state index in [1.807, 2.05) is 61.5 Å². The topological polar surface area (TPSA) is 35.5 Å². The molecule has 0 amide bonds. The number of carbonyl (C=O) groups excluding carboxylic acids is 1. The van der Waals surface area contributed by atoms with Gasteiger partial charge in [-0.25, -0.2) is 0 Å². The summed E-state index contributed by atoms with van der Waals surface area (Å²) in [5.74, 6) is 1.24. The lowest BCUT2D eigenvalue weighted by atomic mass is 10.0. The van der Waals surface area contributed by atoms with E-state index in [9.17, 15) is 4.79 Å². The van der Waals surface area contributed by atoms with Crippen molar-refractivity contribution in [1.29, 1.82) is 0 Å². The lowest BCUT2D eigenvalue weighted by Crippen LogP contribution is -1.97. The normalized spacial score (nSPS) is 11.0. The van der Waals surface area contributed by atoms with Crippen molar-refractivity contribution < 1.29 is 14.3 Å². The molecule has 0 saturated heterocycles. The van der Waals surface area contributed by atoms with Crippen molar-refractivity contribution in [2.45, 2.75) is 6.92 Å². The first-order chi connectivity index (χ1) is 12.6. The molecule has 4 heteroatoms. The maximum atomic E-state index is 12.5. The number of rotatable bonds is 6. The molecular formula is C22H19BrO3. The van der Waals surface area contributed by atoms with Crippen LogP contribution in [0.25, 0.3) is 16.8 Å². The minimum absolute atomic E-state index is 0.0419. The summed E-state index contributed by atoms with van der Waals surface area (Å²) < 4.78 is 11.8. The second-order valence-electron chi connectivity index (χ2n) is 5.73. The zero-order valence-electron chi connectivity index (χ0n) is 14.7. The van der Waals surface area contributed by atoms with Crippen molar-refractivity contribution in [2.75, 3.05) is 13.7 Å². The number of carbonyl (C=O) groups is 1. The molecule has 0 aliphatic carbocycles. The number of fused-ring (bicyclic) bond motifs is 1. The summed E-state index contributed by atoms with van der Waals surface area (Å²) in [6.07, 6.45) is 3.35. The molecule has 3 aromatic rings. The van der Waals surface area contributed by atoms with Gasteiger partial charge in [-0.2, -0.15) is 0 Å². The lowest BCUT2D eigenvalue weighted by Gasteiger charge is -2.12. The molecule has 0 aliphatic rings. The van der Waals surface area contributed by atoms with Crippen LogP contribution in [-0.4, -0.2) is 19.5 Å². The van der Waals surface area contributed by atoms with Crippen LogP contribution in [0.5, 0.6) is 11.5 Å². The Labute approximate surface area is 161 Å². The van der Waals surface area contributed by atoms with Gasteiger partial charge in [-0.15, -0.1) is 0 Å². The van der Waals surface area contributed by atoms with Crippen molar-refractivity contribution >= 4 is 38.6 Å². The van der Waals surface area contributed by atoms with Gasteiger partial charge in [0.05, 0.1) is 18.2 Å². The summed E-state index contributed by atoms with van der Waals surface area (Å²) in [7, 11) is 1.60. The highest BCUT2D eigenvalue weighted by Crippen LogP contribution is 2.37. The number of ether oxygens (including phenoxy) is 2. The minimum atomic E-state index is -0.0419. The van der Waals surface area contributed by atoms with Gasteiger partial charge in [-0.3, -0.25) is 4.79 Å². The maximum absolute atomic E-state index is 12.5. The fourth-order valence-corrected chi connectivity index (χ4v) is 3.31. The molecule has 0 saturated carbocycles. The Hall–Kier alpha value is -2.59. The van der Waals surface area contributed by atoms with E-state index in [4.69, 9.17) is 9.47 Å². The molecule has 3 aromatic carbocycles. The highest BCUT2D eigenvalue weighted by molar-refractivity contribution is 9.10. The third-order valence-corrected chi connectivity index (χ3v) is 4.59. The Morgan fingerprint density at radius 2 is 1.85 bits per heavy atom. The number of ketones is 1. The fourth-order valence-electron chi connectivity index (χ4n) is 2.73. The Morgan fingerprint density at radius 1 is 1.08 bits per heavy atom. The van der Waals surface area contributed by atoms with E-state index in [-0.39, 0.29) is 5.78 Å². The molecule has 0 radical (unpaired) electrons. The van der Waals surface area contributed by atoms with Crippen LogP contribution in [0, 0.1) is 0 Å². The van der Waals surface area contributed by atoms with Crippen molar-refractivity contribution in [3.63, 3.8) is 0 Å². The first kappa shape index (κ1) is 18.2. The van der Waals surface area contributed by atoms with Crippen LogP contribution in [0.4, 0.5) is 0 Å². The lowest BCUT2D eigenvalue weighted by molar-refractivity contribution is 0.104. The van der Waals surface area contributed by atoms with Gasteiger partial charge in [-0.1, -0.05) is 42.5 Å². The number of benzene rings is 3. The molecule has 0 bridgehead atoms. The molecule has 0 aromatic heterocycles. The number of hydrogen-bond acceptors (Lipinski definition) is 3. The Kier molecular flexibility index (Phi) is 5.74. The van der Waals surface area contributed by atoms with E-state index >= 15 is 0 Å². The fraction of sp³-hybridized carbons (Fsp3) is 0.136. The molecule has 132 valence electrons. The van der Waals surface area contributed by atoms with Crippen LogP contribution >= 0.6 is 15.9 Å². The van der Waals surface area contributed by atoms with Crippen molar-refractivity contribution in [2.24, 2.45) is 0 Å². The van der Waals surface area contributed by atoms with Gasteiger partial charge in [0, 0.05) is 5.56 Å². The second kappa shape index (κ2) is 8.19. The van der Waals surface area contributed by atoms with Crippen molar-refractivity contribution in [1.82, 2.24) is 0 Å². The van der Waals surface area contributed by atoms with Crippen LogP contribution in [-0.2, 0) is 0 Å². The molecule has 0 fully saturated rings. The van der Waals surface area contributed by atoms with E-state index in [0.717, 1.165) is 20.8 Å². The highest BCUT2D eigenvalue weighted by atomic mass is 79.9. The van der Waals surface area contributed by atoms with Gasteiger partial charge in [0.1, 0.15) is 0 Å². The predicted octanol–water partition coefficient (Wildman–Crippen LogP) is 5.91. The summed E-state index contributed by atoms with van der Waals surface area (Å²) in [5.41, 5.74) is 1.52. The van der Waals surface area contributed by atoms with E-state index in [2.05, 4.69) is 15.9 Å². The minimum Gasteiger partial charge on any atom is -0.493 e. The molecule has 0 heterocycles. The van der Waals surface area contributed by atoms with Gasteiger partial charge in [0.25, 0.3) is 0 Å². The van der Waals surface area contributed by atoms with Gasteiger partial charge in [-0.05, 0) is 63.5 Å². The number of allylic oxidation sites excluding steroid dienone is 1. The molecule has 0 atom stereocenters. The van der Waals surface area contributed by atoms with Crippen LogP contribution in [0.1, 0.15) is 22.8 Å². The van der Waals surface area contributed by atoms with Gasteiger partial charge >= 0.3 is 0 Å². The molecule has 26 heavy (non-hydrogen) atoms. The number of hydrogen-bond donors (Lipinski definition) is 0. The molecule has 3 rings (SSSR count). The third-order valence-electron chi connectivity index (χ3n) is 4.00. The third kappa shape index (κ3) is 3.97. The smallest absolute Gasteiger partial charge is 0.185 e. The SMILES string of the molecule is CCOc1c(Br)cc(/C=C/C(=O)c2ccc3ccccc3c2)cc1OC. The molecule has 0 spiro atoms. The second-order valence-corrected chi connectivity index (χ2v) is 6.58. The van der Waals surface area contributed by atoms with Crippen molar-refractivity contribution in [3.05, 3.63) is 76.3 Å². The van der Waals surface area contributed by atoms with E-state index in [0.29, 0.717) is 23.7 Å². The van der Waals surface area contributed by atoms with Crippen LogP contribution in [0.2, 0.25) is 0 Å². The summed E-state index contributed by atoms with van der Waals surface area (Å²) in [6, 6.07) is 17.5. The van der Waals surface area contributed by atoms with Crippen LogP contribution in [0.15, 0.2) is 65.1 Å². The zero-order valence-corrected chi connectivity index (χ0v) is 16.2. The highest BCUT2D eigenvalue weighted by Gasteiger charge is 2.10. The number of methoxy groups -OCH3 is 1. The Balaban J connectivity index is 1.86. The number of halogens is 1. The van der Waals surface area contributed by atoms with E-state index in [1.165, 1.54) is 0 Å². The Morgan fingerprint density at radius 3 is 2.58 bits per heavy atom. The average molecular weight is 411 g/mol. The monoisotopic (exact) mass is 410 g/mol. The van der Waals surface area contributed by atoms with Crippen LogP contribution in [0.3, 0.4) is 0 Å². The quantitative estimate of drug-likeness (QED) is 0.374. The summed E-state index contributed by atoms with van der Waals surface area (Å²) in [6.45, 7) is 2.46. The zero-order chi connectivity index (χ0) is 18.5. The molecule has 0 aliphatic heterocycles. The van der Waals surface area contributed by atoms with Gasteiger partial charge in [0.2, 0.25) is 0 Å². The largest absolute Gasteiger partial charge is 0.493 e. The van der Waals surface area contributed by atoms with E-state index in [1.54, 1.807) is 19.3 Å². The summed E-state index contributed by atoms with van der Waals surface area (Å²) >= 11 is 3.50. The first-order valence-corrected chi connectivity index (χ1v) is 9.13. The van der Waals surface area contributed by atoms with Crippen LogP contribution < -0.4 is 9.47 Å². The van der Waals surface area contributed by atoms with E-state index < -0.39 is 0 Å². The molecule has 0 unspecified atom stereocenters. The molecule has 3 nitrogen and oxygen atoms in total. The summed E-state index contributed by atoms with van der Waals surface area (Å²) in [4.78, 5) is 12.5. The standard InChI is InChI=1S/C22H19BrO3/c1-3-26-22-19(23)12-15(13-21(22)25-2)8-11-20(24)18-10-9-16-6-4-5-7-17(16)14-18/h4-14H,3H2,1-2H3/b11-8+. The Bertz CT molecular complexity index is 976. The van der Waals surface area contributed by atoms with Gasteiger partial charge < -0.3 is 9.47 Å². The summed E-state index contributed by atoms with van der Waals surface area (Å²) in [5, 5.41) is 2.17.